The van der Waals surface area contributed by atoms with Crippen LogP contribution in [0.3, 0.4) is 0 Å². The van der Waals surface area contributed by atoms with Crippen molar-refractivity contribution in [1.29, 1.82) is 0 Å². The number of carbonyl (C=O) groups is 1. The van der Waals surface area contributed by atoms with Gasteiger partial charge in [0.05, 0.1) is 23.7 Å². The van der Waals surface area contributed by atoms with Crippen LogP contribution < -0.4 is 10.5 Å². The monoisotopic (exact) mass is 412 g/mol. The highest BCUT2D eigenvalue weighted by Crippen LogP contribution is 2.30. The standard InChI is InChI=1S/C16H20N4O5S2/c17-27(23,24)25-7-10-1-2-12(3-10)20-16-13(5-18-9-19-16)15(22)14-4-11(6-21)8-26-14/h4-5,8-10,12,21H,1-3,6-7H2,(H2,17,23,24)(H,18,19,20)/t10-,12+/m1/s1. The van der Waals surface area contributed by atoms with Gasteiger partial charge in [0.1, 0.15) is 12.1 Å². The third kappa shape index (κ3) is 5.30. The van der Waals surface area contributed by atoms with Crippen LogP contribution in [0.15, 0.2) is 24.0 Å². The Hall–Kier alpha value is -1.92. The zero-order chi connectivity index (χ0) is 19.4. The summed E-state index contributed by atoms with van der Waals surface area (Å²) in [4.78, 5) is 21.4. The molecule has 0 saturated heterocycles. The zero-order valence-electron chi connectivity index (χ0n) is 14.4. The van der Waals surface area contributed by atoms with Gasteiger partial charge in [-0.15, -0.1) is 11.3 Å². The maximum absolute atomic E-state index is 12.8. The van der Waals surface area contributed by atoms with Gasteiger partial charge in [-0.1, -0.05) is 0 Å². The maximum Gasteiger partial charge on any atom is 0.333 e. The molecule has 2 aromatic heterocycles. The van der Waals surface area contributed by atoms with Crippen LogP contribution in [-0.4, -0.2) is 41.9 Å². The Balaban J connectivity index is 1.67. The molecule has 3 rings (SSSR count). The molecule has 146 valence electrons. The number of nitrogens with one attached hydrogen (secondary N) is 1. The molecule has 0 spiro atoms. The molecule has 1 aliphatic rings. The molecular weight excluding hydrogens is 392 g/mol. The van der Waals surface area contributed by atoms with Crippen molar-refractivity contribution in [2.24, 2.45) is 11.1 Å². The van der Waals surface area contributed by atoms with Crippen LogP contribution in [0.1, 0.15) is 40.1 Å². The lowest BCUT2D eigenvalue weighted by Gasteiger charge is -2.15. The molecule has 0 unspecified atom stereocenters. The van der Waals surface area contributed by atoms with Gasteiger partial charge in [-0.25, -0.2) is 15.1 Å². The molecule has 1 saturated carbocycles. The number of aliphatic hydroxyl groups excluding tert-OH is 1. The van der Waals surface area contributed by atoms with E-state index >= 15 is 0 Å². The summed E-state index contributed by atoms with van der Waals surface area (Å²) in [6.07, 6.45) is 5.09. The lowest BCUT2D eigenvalue weighted by Crippen LogP contribution is -2.22. The molecular formula is C16H20N4O5S2. The van der Waals surface area contributed by atoms with Gasteiger partial charge in [-0.2, -0.15) is 8.42 Å². The summed E-state index contributed by atoms with van der Waals surface area (Å²) in [5, 5.41) is 19.0. The van der Waals surface area contributed by atoms with Gasteiger partial charge >= 0.3 is 10.3 Å². The van der Waals surface area contributed by atoms with E-state index in [2.05, 4.69) is 19.5 Å². The fourth-order valence-electron chi connectivity index (χ4n) is 3.06. The number of carbonyl (C=O) groups excluding carboxylic acids is 1. The fraction of sp³-hybridized carbons (Fsp3) is 0.438. The number of hydrogen-bond donors (Lipinski definition) is 3. The average molecular weight is 412 g/mol. The first-order valence-corrected chi connectivity index (χ1v) is 10.7. The van der Waals surface area contributed by atoms with Gasteiger partial charge < -0.3 is 10.4 Å². The smallest absolute Gasteiger partial charge is 0.333 e. The molecule has 1 aliphatic carbocycles. The van der Waals surface area contributed by atoms with Gasteiger partial charge in [-0.3, -0.25) is 8.98 Å². The molecule has 1 fully saturated rings. The lowest BCUT2D eigenvalue weighted by molar-refractivity contribution is 0.104. The van der Waals surface area contributed by atoms with Gasteiger partial charge in [0, 0.05) is 12.2 Å². The molecule has 0 amide bonds. The van der Waals surface area contributed by atoms with Crippen LogP contribution in [0.5, 0.6) is 0 Å². The van der Waals surface area contributed by atoms with Crippen molar-refractivity contribution in [3.63, 3.8) is 0 Å². The van der Waals surface area contributed by atoms with Crippen molar-refractivity contribution in [2.45, 2.75) is 31.9 Å². The number of nitrogens with zero attached hydrogens (tertiary/aromatic N) is 2. The summed E-state index contributed by atoms with van der Waals surface area (Å²) >= 11 is 1.26. The molecule has 11 heteroatoms. The second-order valence-corrected chi connectivity index (χ2v) is 8.52. The van der Waals surface area contributed by atoms with Crippen LogP contribution in [0.2, 0.25) is 0 Å². The van der Waals surface area contributed by atoms with Gasteiger partial charge in [-0.05, 0) is 42.2 Å². The van der Waals surface area contributed by atoms with E-state index in [0.29, 0.717) is 28.2 Å². The predicted octanol–water partition coefficient (Wildman–Crippen LogP) is 1.06. The maximum atomic E-state index is 12.8. The minimum Gasteiger partial charge on any atom is -0.392 e. The van der Waals surface area contributed by atoms with Crippen LogP contribution >= 0.6 is 11.3 Å². The van der Waals surface area contributed by atoms with E-state index in [-0.39, 0.29) is 31.0 Å². The number of rotatable bonds is 8. The van der Waals surface area contributed by atoms with E-state index in [1.54, 1.807) is 11.4 Å². The first kappa shape index (κ1) is 19.8. The van der Waals surface area contributed by atoms with Gasteiger partial charge in [0.2, 0.25) is 5.78 Å². The Kier molecular flexibility index (Phi) is 6.17. The third-order valence-corrected chi connectivity index (χ3v) is 5.81. The second kappa shape index (κ2) is 8.40. The number of thiophene rings is 1. The average Bonchev–Trinajstić information content (AvgIpc) is 3.28. The summed E-state index contributed by atoms with van der Waals surface area (Å²) in [6.45, 7) is -0.0735. The Morgan fingerprint density at radius 1 is 1.44 bits per heavy atom. The topological polar surface area (TPSA) is 144 Å². The molecule has 0 aliphatic heterocycles. The molecule has 2 aromatic rings. The molecule has 9 nitrogen and oxygen atoms in total. The Bertz CT molecular complexity index is 915. The van der Waals surface area contributed by atoms with Crippen molar-refractivity contribution < 1.29 is 22.5 Å². The largest absolute Gasteiger partial charge is 0.392 e. The number of hydrogen-bond acceptors (Lipinski definition) is 9. The molecule has 27 heavy (non-hydrogen) atoms. The summed E-state index contributed by atoms with van der Waals surface area (Å²) in [5.74, 6) is 0.285. The van der Waals surface area contributed by atoms with Crippen LogP contribution in [-0.2, 0) is 21.1 Å². The van der Waals surface area contributed by atoms with E-state index < -0.39 is 10.3 Å². The molecule has 2 atom stereocenters. The van der Waals surface area contributed by atoms with Crippen LogP contribution in [0, 0.1) is 5.92 Å². The number of aliphatic hydroxyl groups is 1. The zero-order valence-corrected chi connectivity index (χ0v) is 16.0. The van der Waals surface area contributed by atoms with E-state index in [1.807, 2.05) is 0 Å². The number of ketones is 1. The van der Waals surface area contributed by atoms with E-state index in [1.165, 1.54) is 23.9 Å². The van der Waals surface area contributed by atoms with E-state index in [4.69, 9.17) is 10.2 Å². The predicted molar refractivity (Wildman–Crippen MR) is 99.5 cm³/mol. The van der Waals surface area contributed by atoms with Crippen molar-refractivity contribution in [2.75, 3.05) is 11.9 Å². The van der Waals surface area contributed by atoms with Crippen molar-refractivity contribution >= 4 is 33.2 Å². The minimum absolute atomic E-state index is 0.0388. The third-order valence-electron chi connectivity index (χ3n) is 4.37. The quantitative estimate of drug-likeness (QED) is 0.546. The molecule has 2 heterocycles. The van der Waals surface area contributed by atoms with Gasteiger partial charge in [0.15, 0.2) is 0 Å². The fourth-order valence-corrected chi connectivity index (χ4v) is 4.30. The highest BCUT2D eigenvalue weighted by Gasteiger charge is 2.27. The summed E-state index contributed by atoms with van der Waals surface area (Å²) < 4.78 is 26.5. The Labute approximate surface area is 160 Å². The number of anilines is 1. The lowest BCUT2D eigenvalue weighted by atomic mass is 10.1. The van der Waals surface area contributed by atoms with E-state index in [0.717, 1.165) is 12.8 Å². The first-order valence-electron chi connectivity index (χ1n) is 8.32. The highest BCUT2D eigenvalue weighted by atomic mass is 32.2. The van der Waals surface area contributed by atoms with Crippen molar-refractivity contribution in [3.8, 4) is 0 Å². The number of aromatic nitrogens is 2. The Morgan fingerprint density at radius 3 is 2.96 bits per heavy atom. The SMILES string of the molecule is NS(=O)(=O)OC[C@@H]1CC[C@H](Nc2ncncc2C(=O)c2cc(CO)cs2)C1. The minimum atomic E-state index is -3.94. The second-order valence-electron chi connectivity index (χ2n) is 6.39. The van der Waals surface area contributed by atoms with Gasteiger partial charge in [0.25, 0.3) is 0 Å². The molecule has 4 N–H and O–H groups in total. The summed E-state index contributed by atoms with van der Waals surface area (Å²) in [5.41, 5.74) is 1.04. The number of nitrogens with two attached hydrogens (primary N) is 1. The normalized spacial score (nSPS) is 19.9. The first-order chi connectivity index (χ1) is 12.9. The van der Waals surface area contributed by atoms with Crippen LogP contribution in [0.25, 0.3) is 0 Å². The summed E-state index contributed by atoms with van der Waals surface area (Å²) in [6, 6.07) is 1.69. The van der Waals surface area contributed by atoms with E-state index in [9.17, 15) is 13.2 Å². The Morgan fingerprint density at radius 2 is 2.26 bits per heavy atom. The molecule has 0 aromatic carbocycles. The summed E-state index contributed by atoms with van der Waals surface area (Å²) in [7, 11) is -3.94. The molecule has 0 radical (unpaired) electrons. The molecule has 0 bridgehead atoms. The van der Waals surface area contributed by atoms with Crippen molar-refractivity contribution in [3.05, 3.63) is 40.0 Å². The van der Waals surface area contributed by atoms with Crippen molar-refractivity contribution in [1.82, 2.24) is 9.97 Å². The van der Waals surface area contributed by atoms with Crippen LogP contribution in [0.4, 0.5) is 5.82 Å². The highest BCUT2D eigenvalue weighted by molar-refractivity contribution is 7.84.